The van der Waals surface area contributed by atoms with Gasteiger partial charge >= 0.3 is 0 Å². The molecule has 0 radical (unpaired) electrons. The first-order valence-electron chi connectivity index (χ1n) is 8.62. The van der Waals surface area contributed by atoms with Gasteiger partial charge in [-0.1, -0.05) is 6.07 Å². The van der Waals surface area contributed by atoms with Gasteiger partial charge in [-0.25, -0.2) is 13.8 Å². The van der Waals surface area contributed by atoms with Crippen LogP contribution in [0.5, 0.6) is 0 Å². The molecule has 1 aromatic heterocycles. The summed E-state index contributed by atoms with van der Waals surface area (Å²) in [5, 5.41) is 5.79. The SMILES string of the molecule is O=C(Nc1nc2c(s1)CCC2C(=O)Nc1cccc(F)c1)c1ccc(F)cc1. The van der Waals surface area contributed by atoms with Crippen LogP contribution in [0.1, 0.15) is 33.3 Å². The molecule has 4 rings (SSSR count). The van der Waals surface area contributed by atoms with Crippen LogP contribution in [0, 0.1) is 11.6 Å². The molecule has 28 heavy (non-hydrogen) atoms. The zero-order chi connectivity index (χ0) is 19.7. The summed E-state index contributed by atoms with van der Waals surface area (Å²) in [6.07, 6.45) is 1.29. The van der Waals surface area contributed by atoms with Gasteiger partial charge in [-0.3, -0.25) is 14.9 Å². The number of hydrogen-bond acceptors (Lipinski definition) is 4. The standard InChI is InChI=1S/C20H15F2N3O2S/c21-12-6-4-11(5-7-12)18(26)25-20-24-17-15(8-9-16(17)28-20)19(27)23-14-3-1-2-13(22)10-14/h1-7,10,15H,8-9H2,(H,23,27)(H,24,25,26). The third kappa shape index (κ3) is 3.77. The quantitative estimate of drug-likeness (QED) is 0.686. The first-order valence-corrected chi connectivity index (χ1v) is 9.44. The normalized spacial score (nSPS) is 15.1. The van der Waals surface area contributed by atoms with Crippen molar-refractivity contribution in [3.8, 4) is 0 Å². The molecule has 3 aromatic rings. The highest BCUT2D eigenvalue weighted by Crippen LogP contribution is 2.39. The molecule has 142 valence electrons. The van der Waals surface area contributed by atoms with E-state index in [4.69, 9.17) is 0 Å². The Balaban J connectivity index is 1.47. The zero-order valence-electron chi connectivity index (χ0n) is 14.5. The van der Waals surface area contributed by atoms with Crippen LogP contribution in [0.4, 0.5) is 19.6 Å². The van der Waals surface area contributed by atoms with Crippen LogP contribution < -0.4 is 10.6 Å². The van der Waals surface area contributed by atoms with Gasteiger partial charge in [-0.15, -0.1) is 11.3 Å². The molecule has 0 saturated carbocycles. The number of nitrogens with zero attached hydrogens (tertiary/aromatic N) is 1. The minimum Gasteiger partial charge on any atom is -0.325 e. The van der Waals surface area contributed by atoms with E-state index in [1.54, 1.807) is 6.07 Å². The fourth-order valence-corrected chi connectivity index (χ4v) is 4.14. The lowest BCUT2D eigenvalue weighted by molar-refractivity contribution is -0.117. The predicted molar refractivity (Wildman–Crippen MR) is 103 cm³/mol. The first-order chi connectivity index (χ1) is 13.5. The number of fused-ring (bicyclic) bond motifs is 1. The minimum absolute atomic E-state index is 0.258. The Morgan fingerprint density at radius 3 is 2.57 bits per heavy atom. The summed E-state index contributed by atoms with van der Waals surface area (Å²) in [4.78, 5) is 30.2. The van der Waals surface area contributed by atoms with E-state index in [1.165, 1.54) is 53.8 Å². The number of rotatable bonds is 4. The second-order valence-electron chi connectivity index (χ2n) is 6.38. The highest BCUT2D eigenvalue weighted by molar-refractivity contribution is 7.16. The summed E-state index contributed by atoms with van der Waals surface area (Å²) in [7, 11) is 0. The van der Waals surface area contributed by atoms with Gasteiger partial charge in [0.05, 0.1) is 11.6 Å². The van der Waals surface area contributed by atoms with Crippen LogP contribution in [0.2, 0.25) is 0 Å². The van der Waals surface area contributed by atoms with Crippen LogP contribution >= 0.6 is 11.3 Å². The van der Waals surface area contributed by atoms with E-state index in [0.29, 0.717) is 34.9 Å². The van der Waals surface area contributed by atoms with Gasteiger partial charge in [-0.05, 0) is 55.3 Å². The molecule has 0 saturated heterocycles. The average molecular weight is 399 g/mol. The Kier molecular flexibility index (Phi) is 4.87. The fourth-order valence-electron chi connectivity index (χ4n) is 3.10. The molecule has 8 heteroatoms. The van der Waals surface area contributed by atoms with Gasteiger partial charge in [0.25, 0.3) is 5.91 Å². The molecule has 1 aliphatic rings. The summed E-state index contributed by atoms with van der Waals surface area (Å²) >= 11 is 1.32. The van der Waals surface area contributed by atoms with Crippen molar-refractivity contribution in [3.05, 3.63) is 76.3 Å². The van der Waals surface area contributed by atoms with E-state index < -0.39 is 23.5 Å². The minimum atomic E-state index is -0.453. The number of amides is 2. The lowest BCUT2D eigenvalue weighted by Gasteiger charge is -2.10. The van der Waals surface area contributed by atoms with Crippen LogP contribution in [-0.2, 0) is 11.2 Å². The van der Waals surface area contributed by atoms with Crippen LogP contribution in [0.25, 0.3) is 0 Å². The van der Waals surface area contributed by atoms with Crippen molar-refractivity contribution in [2.24, 2.45) is 0 Å². The molecule has 1 unspecified atom stereocenters. The topological polar surface area (TPSA) is 71.1 Å². The second kappa shape index (κ2) is 7.47. The largest absolute Gasteiger partial charge is 0.325 e. The zero-order valence-corrected chi connectivity index (χ0v) is 15.4. The number of hydrogen-bond donors (Lipinski definition) is 2. The summed E-state index contributed by atoms with van der Waals surface area (Å²) < 4.78 is 26.3. The number of carbonyl (C=O) groups excluding carboxylic acids is 2. The van der Waals surface area contributed by atoms with Crippen LogP contribution in [0.3, 0.4) is 0 Å². The Labute approximate surface area is 163 Å². The second-order valence-corrected chi connectivity index (χ2v) is 7.46. The number of aromatic nitrogens is 1. The number of thiazole rings is 1. The van der Waals surface area contributed by atoms with Gasteiger partial charge in [0.2, 0.25) is 5.91 Å². The van der Waals surface area contributed by atoms with E-state index in [2.05, 4.69) is 15.6 Å². The van der Waals surface area contributed by atoms with Gasteiger partial charge in [0, 0.05) is 16.1 Å². The van der Waals surface area contributed by atoms with Gasteiger partial charge in [-0.2, -0.15) is 0 Å². The van der Waals surface area contributed by atoms with Crippen molar-refractivity contribution < 1.29 is 18.4 Å². The molecule has 0 bridgehead atoms. The molecular weight excluding hydrogens is 384 g/mol. The monoisotopic (exact) mass is 399 g/mol. The Bertz CT molecular complexity index is 1050. The van der Waals surface area contributed by atoms with E-state index >= 15 is 0 Å². The number of anilines is 2. The maximum atomic E-state index is 13.3. The highest BCUT2D eigenvalue weighted by atomic mass is 32.1. The third-order valence-electron chi connectivity index (χ3n) is 4.45. The van der Waals surface area contributed by atoms with E-state index in [9.17, 15) is 18.4 Å². The fraction of sp³-hybridized carbons (Fsp3) is 0.150. The van der Waals surface area contributed by atoms with Crippen LogP contribution in [0.15, 0.2) is 48.5 Å². The Hall–Kier alpha value is -3.13. The number of benzene rings is 2. The van der Waals surface area contributed by atoms with Crippen molar-refractivity contribution in [2.45, 2.75) is 18.8 Å². The third-order valence-corrected chi connectivity index (χ3v) is 5.50. The predicted octanol–water partition coefficient (Wildman–Crippen LogP) is 4.34. The molecule has 1 atom stereocenters. The summed E-state index contributed by atoms with van der Waals surface area (Å²) in [6, 6.07) is 10.9. The average Bonchev–Trinajstić information content (AvgIpc) is 3.22. The number of carbonyl (C=O) groups is 2. The summed E-state index contributed by atoms with van der Waals surface area (Å²) in [5.74, 6) is -1.95. The number of halogens is 2. The number of aryl methyl sites for hydroxylation is 1. The van der Waals surface area contributed by atoms with E-state index in [-0.39, 0.29) is 5.91 Å². The molecule has 0 fully saturated rings. The molecule has 1 aliphatic carbocycles. The van der Waals surface area contributed by atoms with Gasteiger partial charge < -0.3 is 5.32 Å². The molecule has 2 N–H and O–H groups in total. The number of nitrogens with one attached hydrogen (secondary N) is 2. The smallest absolute Gasteiger partial charge is 0.257 e. The molecule has 5 nitrogen and oxygen atoms in total. The summed E-state index contributed by atoms with van der Waals surface area (Å²) in [6.45, 7) is 0. The molecule has 0 spiro atoms. The molecule has 2 amide bonds. The molecular formula is C20H15F2N3O2S. The van der Waals surface area contributed by atoms with Crippen LogP contribution in [-0.4, -0.2) is 16.8 Å². The molecule has 2 aromatic carbocycles. The lowest BCUT2D eigenvalue weighted by atomic mass is 10.1. The van der Waals surface area contributed by atoms with Gasteiger partial charge in [0.1, 0.15) is 11.6 Å². The van der Waals surface area contributed by atoms with E-state index in [1.807, 2.05) is 0 Å². The van der Waals surface area contributed by atoms with Crippen molar-refractivity contribution >= 4 is 34.0 Å². The lowest BCUT2D eigenvalue weighted by Crippen LogP contribution is -2.20. The van der Waals surface area contributed by atoms with Gasteiger partial charge in [0.15, 0.2) is 5.13 Å². The van der Waals surface area contributed by atoms with Crippen molar-refractivity contribution in [1.29, 1.82) is 0 Å². The summed E-state index contributed by atoms with van der Waals surface area (Å²) in [5.41, 5.74) is 1.34. The Morgan fingerprint density at radius 1 is 1.04 bits per heavy atom. The highest BCUT2D eigenvalue weighted by Gasteiger charge is 2.33. The van der Waals surface area contributed by atoms with Crippen molar-refractivity contribution in [1.82, 2.24) is 4.98 Å². The van der Waals surface area contributed by atoms with Crippen molar-refractivity contribution in [3.63, 3.8) is 0 Å². The molecule has 0 aliphatic heterocycles. The Morgan fingerprint density at radius 2 is 1.82 bits per heavy atom. The molecule has 1 heterocycles. The van der Waals surface area contributed by atoms with E-state index in [0.717, 1.165) is 4.88 Å². The first kappa shape index (κ1) is 18.2. The maximum absolute atomic E-state index is 13.3. The van der Waals surface area contributed by atoms with Crippen molar-refractivity contribution in [2.75, 3.05) is 10.6 Å². The maximum Gasteiger partial charge on any atom is 0.257 e.